The molecule has 0 radical (unpaired) electrons. The molecule has 30 heavy (non-hydrogen) atoms. The molecule has 1 aliphatic heterocycles. The molecule has 158 valence electrons. The fourth-order valence-corrected chi connectivity index (χ4v) is 5.20. The van der Waals surface area contributed by atoms with Crippen LogP contribution < -0.4 is 18.9 Å². The highest BCUT2D eigenvalue weighted by molar-refractivity contribution is 7.89. The summed E-state index contributed by atoms with van der Waals surface area (Å²) in [5.41, 5.74) is 1.91. The van der Waals surface area contributed by atoms with Crippen LogP contribution in [0.5, 0.6) is 17.2 Å². The van der Waals surface area contributed by atoms with Gasteiger partial charge in [0.2, 0.25) is 10.0 Å². The van der Waals surface area contributed by atoms with Crippen molar-refractivity contribution in [2.45, 2.75) is 18.2 Å². The fourth-order valence-electron chi connectivity index (χ4n) is 3.09. The molecule has 0 saturated heterocycles. The maximum Gasteiger partial charge on any atom is 0.240 e. The summed E-state index contributed by atoms with van der Waals surface area (Å²) in [5, 5.41) is 0.903. The Labute approximate surface area is 179 Å². The molecule has 2 aromatic carbocycles. The summed E-state index contributed by atoms with van der Waals surface area (Å²) in [6.07, 6.45) is 0.559. The zero-order valence-electron chi connectivity index (χ0n) is 16.7. The maximum absolute atomic E-state index is 12.6. The molecular formula is C21H22N2O5S2. The summed E-state index contributed by atoms with van der Waals surface area (Å²) in [4.78, 5) is 5.83. The number of ether oxygens (including phenoxy) is 3. The number of nitrogens with zero attached hydrogens (tertiary/aromatic N) is 1. The standard InChI is InChI=1S/C21H22N2O5S2/c1-14-20(29-21(23-14)15-3-5-16(26-2)6-4-15)9-10-22-30(24,25)17-7-8-18-19(13-17)28-12-11-27-18/h3-8,13,22H,9-12H2,1-2H3. The third kappa shape index (κ3) is 4.43. The van der Waals surface area contributed by atoms with E-state index < -0.39 is 10.0 Å². The number of benzene rings is 2. The molecule has 2 heterocycles. The van der Waals surface area contributed by atoms with Gasteiger partial charge in [-0.15, -0.1) is 11.3 Å². The zero-order chi connectivity index (χ0) is 21.1. The molecule has 0 atom stereocenters. The summed E-state index contributed by atoms with van der Waals surface area (Å²) in [7, 11) is -2.01. The second kappa shape index (κ2) is 8.63. The van der Waals surface area contributed by atoms with E-state index in [4.69, 9.17) is 14.2 Å². The highest BCUT2D eigenvalue weighted by Gasteiger charge is 2.19. The molecule has 1 aromatic heterocycles. The van der Waals surface area contributed by atoms with Crippen molar-refractivity contribution < 1.29 is 22.6 Å². The first-order valence-electron chi connectivity index (χ1n) is 9.46. The number of aryl methyl sites for hydroxylation is 1. The van der Waals surface area contributed by atoms with Gasteiger partial charge < -0.3 is 14.2 Å². The quantitative estimate of drug-likeness (QED) is 0.599. The van der Waals surface area contributed by atoms with Gasteiger partial charge in [0.25, 0.3) is 0 Å². The average molecular weight is 447 g/mol. The van der Waals surface area contributed by atoms with Crippen molar-refractivity contribution in [1.29, 1.82) is 0 Å². The second-order valence-corrected chi connectivity index (χ2v) is 9.56. The van der Waals surface area contributed by atoms with Gasteiger partial charge in [0.15, 0.2) is 11.5 Å². The Balaban J connectivity index is 1.42. The van der Waals surface area contributed by atoms with Gasteiger partial charge in [0, 0.05) is 23.1 Å². The molecule has 0 saturated carbocycles. The van der Waals surface area contributed by atoms with Crippen LogP contribution in [0.4, 0.5) is 0 Å². The first kappa shape index (κ1) is 20.6. The van der Waals surface area contributed by atoms with E-state index >= 15 is 0 Å². The third-order valence-corrected chi connectivity index (χ3v) is 7.42. The van der Waals surface area contributed by atoms with Gasteiger partial charge >= 0.3 is 0 Å². The Hall–Kier alpha value is -2.62. The van der Waals surface area contributed by atoms with Crippen molar-refractivity contribution in [3.63, 3.8) is 0 Å². The van der Waals surface area contributed by atoms with Crippen LogP contribution in [-0.2, 0) is 16.4 Å². The Kier molecular flexibility index (Phi) is 5.94. The van der Waals surface area contributed by atoms with Crippen LogP contribution >= 0.6 is 11.3 Å². The third-order valence-electron chi connectivity index (χ3n) is 4.70. The number of fused-ring (bicyclic) bond motifs is 1. The smallest absolute Gasteiger partial charge is 0.240 e. The highest BCUT2D eigenvalue weighted by Crippen LogP contribution is 2.32. The first-order chi connectivity index (χ1) is 14.5. The van der Waals surface area contributed by atoms with E-state index in [0.717, 1.165) is 26.9 Å². The molecule has 0 spiro atoms. The largest absolute Gasteiger partial charge is 0.497 e. The molecule has 0 fully saturated rings. The SMILES string of the molecule is COc1ccc(-c2nc(C)c(CCNS(=O)(=O)c3ccc4c(c3)OCCO4)s2)cc1. The predicted molar refractivity (Wildman–Crippen MR) is 115 cm³/mol. The van der Waals surface area contributed by atoms with Crippen molar-refractivity contribution in [2.24, 2.45) is 0 Å². The van der Waals surface area contributed by atoms with Crippen LogP contribution in [0.3, 0.4) is 0 Å². The molecular weight excluding hydrogens is 424 g/mol. The van der Waals surface area contributed by atoms with Crippen molar-refractivity contribution in [3.8, 4) is 27.8 Å². The van der Waals surface area contributed by atoms with Gasteiger partial charge in [-0.05, 0) is 49.7 Å². The monoisotopic (exact) mass is 446 g/mol. The van der Waals surface area contributed by atoms with Crippen LogP contribution in [-0.4, -0.2) is 40.3 Å². The van der Waals surface area contributed by atoms with Crippen LogP contribution in [0.15, 0.2) is 47.4 Å². The van der Waals surface area contributed by atoms with E-state index in [9.17, 15) is 8.42 Å². The molecule has 0 amide bonds. The Morgan fingerprint density at radius 2 is 1.83 bits per heavy atom. The van der Waals surface area contributed by atoms with E-state index in [1.165, 1.54) is 12.1 Å². The number of rotatable bonds is 7. The summed E-state index contributed by atoms with van der Waals surface area (Å²) in [6, 6.07) is 12.4. The highest BCUT2D eigenvalue weighted by atomic mass is 32.2. The molecule has 1 N–H and O–H groups in total. The number of methoxy groups -OCH3 is 1. The van der Waals surface area contributed by atoms with Crippen LogP contribution in [0, 0.1) is 6.92 Å². The number of sulfonamides is 1. The topological polar surface area (TPSA) is 86.8 Å². The lowest BCUT2D eigenvalue weighted by Crippen LogP contribution is -2.26. The molecule has 9 heteroatoms. The van der Waals surface area contributed by atoms with Crippen molar-refractivity contribution >= 4 is 21.4 Å². The molecule has 4 rings (SSSR count). The summed E-state index contributed by atoms with van der Waals surface area (Å²) >= 11 is 1.57. The van der Waals surface area contributed by atoms with Gasteiger partial charge in [-0.25, -0.2) is 18.1 Å². The zero-order valence-corrected chi connectivity index (χ0v) is 18.3. The molecule has 0 aliphatic carbocycles. The van der Waals surface area contributed by atoms with E-state index in [1.54, 1.807) is 24.5 Å². The van der Waals surface area contributed by atoms with Crippen LogP contribution in [0.2, 0.25) is 0 Å². The number of aromatic nitrogens is 1. The van der Waals surface area contributed by atoms with E-state index in [2.05, 4.69) is 9.71 Å². The Morgan fingerprint density at radius 1 is 1.10 bits per heavy atom. The minimum atomic E-state index is -3.65. The van der Waals surface area contributed by atoms with Gasteiger partial charge in [-0.1, -0.05) is 0 Å². The lowest BCUT2D eigenvalue weighted by atomic mass is 10.2. The van der Waals surface area contributed by atoms with Crippen LogP contribution in [0.1, 0.15) is 10.6 Å². The number of thiazole rings is 1. The van der Waals surface area contributed by atoms with Crippen molar-refractivity contribution in [2.75, 3.05) is 26.9 Å². The predicted octanol–water partition coefficient (Wildman–Crippen LogP) is 3.42. The molecule has 1 aliphatic rings. The summed E-state index contributed by atoms with van der Waals surface area (Å²) < 4.78 is 44.1. The van der Waals surface area contributed by atoms with Gasteiger partial charge in [-0.3, -0.25) is 0 Å². The minimum absolute atomic E-state index is 0.159. The number of nitrogens with one attached hydrogen (secondary N) is 1. The van der Waals surface area contributed by atoms with E-state index in [0.29, 0.717) is 31.1 Å². The Morgan fingerprint density at radius 3 is 2.57 bits per heavy atom. The summed E-state index contributed by atoms with van der Waals surface area (Å²) in [6.45, 7) is 3.09. The second-order valence-electron chi connectivity index (χ2n) is 6.71. The average Bonchev–Trinajstić information content (AvgIpc) is 3.14. The number of hydrogen-bond donors (Lipinski definition) is 1. The molecule has 3 aromatic rings. The van der Waals surface area contributed by atoms with Gasteiger partial charge in [0.1, 0.15) is 24.0 Å². The van der Waals surface area contributed by atoms with Crippen molar-refractivity contribution in [3.05, 3.63) is 53.0 Å². The van der Waals surface area contributed by atoms with Crippen LogP contribution in [0.25, 0.3) is 10.6 Å². The van der Waals surface area contributed by atoms with E-state index in [-0.39, 0.29) is 11.4 Å². The molecule has 0 bridgehead atoms. The summed E-state index contributed by atoms with van der Waals surface area (Å²) in [5.74, 6) is 1.80. The lowest BCUT2D eigenvalue weighted by Gasteiger charge is -2.18. The number of hydrogen-bond acceptors (Lipinski definition) is 7. The van der Waals surface area contributed by atoms with Gasteiger partial charge in [-0.2, -0.15) is 0 Å². The lowest BCUT2D eigenvalue weighted by molar-refractivity contribution is 0.171. The minimum Gasteiger partial charge on any atom is -0.497 e. The Bertz CT molecular complexity index is 1140. The fraction of sp³-hybridized carbons (Fsp3) is 0.286. The maximum atomic E-state index is 12.6. The molecule has 0 unspecified atom stereocenters. The first-order valence-corrected chi connectivity index (χ1v) is 11.8. The van der Waals surface area contributed by atoms with Gasteiger partial charge in [0.05, 0.1) is 17.7 Å². The molecule has 7 nitrogen and oxygen atoms in total. The van der Waals surface area contributed by atoms with Crippen molar-refractivity contribution in [1.82, 2.24) is 9.71 Å². The van der Waals surface area contributed by atoms with E-state index in [1.807, 2.05) is 31.2 Å². The normalized spacial score (nSPS) is 13.3.